The highest BCUT2D eigenvalue weighted by atomic mass is 16.6. The number of aliphatic hydroxyl groups excluding tert-OH is 2. The van der Waals surface area contributed by atoms with Crippen LogP contribution in [0.4, 0.5) is 0 Å². The van der Waals surface area contributed by atoms with Crippen LogP contribution in [0.2, 0.25) is 0 Å². The van der Waals surface area contributed by atoms with Gasteiger partial charge in [0.1, 0.15) is 6.10 Å². The zero-order valence-corrected chi connectivity index (χ0v) is 16.0. The van der Waals surface area contributed by atoms with E-state index in [4.69, 9.17) is 9.47 Å². The maximum absolute atomic E-state index is 12.5. The topological polar surface area (TPSA) is 93.1 Å². The molecule has 2 aliphatic carbocycles. The van der Waals surface area contributed by atoms with E-state index in [1.54, 1.807) is 26.8 Å². The first-order valence-corrected chi connectivity index (χ1v) is 9.26. The number of carbonyl (C=O) groups excluding carboxylic acids is 2. The van der Waals surface area contributed by atoms with Crippen molar-refractivity contribution in [3.63, 3.8) is 0 Å². The number of fused-ring (bicyclic) bond motifs is 2. The van der Waals surface area contributed by atoms with Crippen molar-refractivity contribution < 1.29 is 29.3 Å². The van der Waals surface area contributed by atoms with E-state index >= 15 is 0 Å². The van der Waals surface area contributed by atoms with Crippen LogP contribution in [-0.2, 0) is 19.1 Å². The molecular formula is C20H28O6. The summed E-state index contributed by atoms with van der Waals surface area (Å²) in [5.41, 5.74) is 0.707. The predicted molar refractivity (Wildman–Crippen MR) is 93.9 cm³/mol. The van der Waals surface area contributed by atoms with Crippen LogP contribution >= 0.6 is 0 Å². The third-order valence-corrected chi connectivity index (χ3v) is 6.96. The Hall–Kier alpha value is -1.66. The highest BCUT2D eigenvalue weighted by Crippen LogP contribution is 2.58. The number of ether oxygens (including phenoxy) is 2. The molecule has 3 aliphatic rings. The van der Waals surface area contributed by atoms with Crippen LogP contribution in [0.1, 0.15) is 47.5 Å². The van der Waals surface area contributed by atoms with E-state index in [0.29, 0.717) is 29.6 Å². The second-order valence-electron chi connectivity index (χ2n) is 8.06. The Kier molecular flexibility index (Phi) is 4.78. The van der Waals surface area contributed by atoms with E-state index in [2.05, 4.69) is 0 Å². The largest absolute Gasteiger partial charge is 0.454 e. The molecule has 1 aliphatic heterocycles. The fraction of sp³-hybridized carbons (Fsp3) is 0.700. The van der Waals surface area contributed by atoms with Crippen LogP contribution in [-0.4, -0.2) is 46.6 Å². The Bertz CT molecular complexity index is 692. The molecule has 2 fully saturated rings. The Balaban J connectivity index is 2.13. The molecule has 2 saturated carbocycles. The fourth-order valence-corrected chi connectivity index (χ4v) is 4.89. The molecule has 0 aromatic heterocycles. The van der Waals surface area contributed by atoms with Crippen LogP contribution in [0, 0.1) is 17.3 Å². The molecule has 1 heterocycles. The summed E-state index contributed by atoms with van der Waals surface area (Å²) in [5, 5.41) is 21.4. The lowest BCUT2D eigenvalue weighted by Gasteiger charge is -2.57. The van der Waals surface area contributed by atoms with E-state index in [0.717, 1.165) is 0 Å². The summed E-state index contributed by atoms with van der Waals surface area (Å²) in [6, 6.07) is 0. The number of esters is 2. The van der Waals surface area contributed by atoms with Gasteiger partial charge in [0.25, 0.3) is 0 Å². The number of aliphatic hydroxyl groups is 2. The van der Waals surface area contributed by atoms with Crippen molar-refractivity contribution >= 4 is 11.9 Å². The third kappa shape index (κ3) is 2.54. The Morgan fingerprint density at radius 1 is 1.35 bits per heavy atom. The lowest BCUT2D eigenvalue weighted by Crippen LogP contribution is -2.63. The SMILES string of the molecule is C/C=C(/C)C(=O)O[C@@H]1C2=C(C)C(=O)O[C@@H]2[C@H](O)[C@H]2CC[C@H](O)[C@H](C)[C@@]12C. The monoisotopic (exact) mass is 364 g/mol. The Morgan fingerprint density at radius 3 is 2.62 bits per heavy atom. The van der Waals surface area contributed by atoms with Crippen molar-refractivity contribution in [3.05, 3.63) is 22.8 Å². The quantitative estimate of drug-likeness (QED) is 0.574. The molecule has 0 aromatic carbocycles. The molecule has 3 rings (SSSR count). The van der Waals surface area contributed by atoms with E-state index in [1.807, 2.05) is 13.8 Å². The fourth-order valence-electron chi connectivity index (χ4n) is 4.89. The van der Waals surface area contributed by atoms with Gasteiger partial charge in [-0.2, -0.15) is 0 Å². The molecule has 0 radical (unpaired) electrons. The third-order valence-electron chi connectivity index (χ3n) is 6.96. The normalized spacial score (nSPS) is 42.9. The number of carbonyl (C=O) groups is 2. The zero-order chi connectivity index (χ0) is 19.4. The molecule has 2 N–H and O–H groups in total. The number of rotatable bonds is 2. The minimum Gasteiger partial charge on any atom is -0.454 e. The summed E-state index contributed by atoms with van der Waals surface area (Å²) >= 11 is 0. The van der Waals surface area contributed by atoms with Crippen molar-refractivity contribution in [1.29, 1.82) is 0 Å². The molecule has 26 heavy (non-hydrogen) atoms. The van der Waals surface area contributed by atoms with Gasteiger partial charge >= 0.3 is 11.9 Å². The van der Waals surface area contributed by atoms with Crippen molar-refractivity contribution in [2.45, 2.75) is 71.9 Å². The van der Waals surface area contributed by atoms with E-state index in [-0.39, 0.29) is 11.8 Å². The average molecular weight is 364 g/mol. The molecule has 6 nitrogen and oxygen atoms in total. The number of hydrogen-bond donors (Lipinski definition) is 2. The first kappa shape index (κ1) is 19.1. The summed E-state index contributed by atoms with van der Waals surface area (Å²) in [4.78, 5) is 24.7. The highest BCUT2D eigenvalue weighted by molar-refractivity contribution is 5.93. The van der Waals surface area contributed by atoms with Gasteiger partial charge in [-0.05, 0) is 45.4 Å². The molecule has 0 amide bonds. The highest BCUT2D eigenvalue weighted by Gasteiger charge is 2.63. The van der Waals surface area contributed by atoms with Crippen LogP contribution in [0.25, 0.3) is 0 Å². The van der Waals surface area contributed by atoms with E-state index in [1.165, 1.54) is 0 Å². The van der Waals surface area contributed by atoms with Crippen LogP contribution in [0.3, 0.4) is 0 Å². The summed E-state index contributed by atoms with van der Waals surface area (Å²) in [7, 11) is 0. The lowest BCUT2D eigenvalue weighted by molar-refractivity contribution is -0.199. The lowest BCUT2D eigenvalue weighted by atomic mass is 9.51. The molecule has 0 aromatic rings. The van der Waals surface area contributed by atoms with Crippen LogP contribution in [0.5, 0.6) is 0 Å². The average Bonchev–Trinajstić information content (AvgIpc) is 2.90. The van der Waals surface area contributed by atoms with Gasteiger partial charge in [-0.25, -0.2) is 9.59 Å². The van der Waals surface area contributed by atoms with Gasteiger partial charge in [0.15, 0.2) is 6.10 Å². The summed E-state index contributed by atoms with van der Waals surface area (Å²) in [6.45, 7) is 8.93. The molecule has 144 valence electrons. The van der Waals surface area contributed by atoms with Crippen LogP contribution < -0.4 is 0 Å². The maximum Gasteiger partial charge on any atom is 0.334 e. The van der Waals surface area contributed by atoms with Gasteiger partial charge < -0.3 is 19.7 Å². The number of hydrogen-bond acceptors (Lipinski definition) is 6. The smallest absolute Gasteiger partial charge is 0.334 e. The second kappa shape index (κ2) is 6.50. The summed E-state index contributed by atoms with van der Waals surface area (Å²) < 4.78 is 11.3. The molecule has 0 spiro atoms. The van der Waals surface area contributed by atoms with Gasteiger partial charge in [-0.3, -0.25) is 0 Å². The minimum absolute atomic E-state index is 0.212. The van der Waals surface area contributed by atoms with Crippen molar-refractivity contribution in [2.75, 3.05) is 0 Å². The van der Waals surface area contributed by atoms with Crippen LogP contribution in [0.15, 0.2) is 22.8 Å². The molecule has 6 heteroatoms. The second-order valence-corrected chi connectivity index (χ2v) is 8.06. The molecule has 0 saturated heterocycles. The van der Waals surface area contributed by atoms with E-state index in [9.17, 15) is 19.8 Å². The Labute approximate surface area is 153 Å². The molecule has 7 atom stereocenters. The summed E-state index contributed by atoms with van der Waals surface area (Å²) in [5.74, 6) is -1.39. The standard InChI is InChI=1S/C20H28O6/c1-6-9(2)18(23)26-17-14-10(3)19(24)25-16(14)15(22)12-7-8-13(21)11(4)20(12,17)5/h6,11-13,15-17,21-22H,7-8H2,1-5H3/b9-6-/t11-,12+,13-,15+,16-,17+,20+/m0/s1. The predicted octanol–water partition coefficient (Wildman–Crippen LogP) is 1.89. The van der Waals surface area contributed by atoms with Gasteiger partial charge in [0, 0.05) is 22.1 Å². The molecule has 0 unspecified atom stereocenters. The zero-order valence-electron chi connectivity index (χ0n) is 16.0. The van der Waals surface area contributed by atoms with Gasteiger partial charge in [-0.15, -0.1) is 0 Å². The van der Waals surface area contributed by atoms with Crippen molar-refractivity contribution in [2.24, 2.45) is 17.3 Å². The minimum atomic E-state index is -0.871. The maximum atomic E-state index is 12.5. The first-order valence-electron chi connectivity index (χ1n) is 9.26. The van der Waals surface area contributed by atoms with E-state index < -0.39 is 41.8 Å². The van der Waals surface area contributed by atoms with Crippen molar-refractivity contribution in [1.82, 2.24) is 0 Å². The molecule has 0 bridgehead atoms. The molecular weight excluding hydrogens is 336 g/mol. The van der Waals surface area contributed by atoms with Gasteiger partial charge in [0.05, 0.1) is 12.2 Å². The number of allylic oxidation sites excluding steroid dienone is 1. The summed E-state index contributed by atoms with van der Waals surface area (Å²) in [6.07, 6.45) is -0.113. The first-order chi connectivity index (χ1) is 12.1. The van der Waals surface area contributed by atoms with Gasteiger partial charge in [-0.1, -0.05) is 19.9 Å². The Morgan fingerprint density at radius 2 is 2.00 bits per heavy atom. The van der Waals surface area contributed by atoms with Gasteiger partial charge in [0.2, 0.25) is 0 Å². The van der Waals surface area contributed by atoms with Crippen molar-refractivity contribution in [3.8, 4) is 0 Å².